The summed E-state index contributed by atoms with van der Waals surface area (Å²) < 4.78 is 2.41. The molecule has 3 nitrogen and oxygen atoms in total. The predicted molar refractivity (Wildman–Crippen MR) is 94.4 cm³/mol. The number of nitrogens with zero attached hydrogens (tertiary/aromatic N) is 3. The lowest BCUT2D eigenvalue weighted by Crippen LogP contribution is -2.14. The largest absolute Gasteiger partial charge is 0.374 e. The zero-order valence-corrected chi connectivity index (χ0v) is 13.5. The Balaban J connectivity index is 2.09. The summed E-state index contributed by atoms with van der Waals surface area (Å²) in [6, 6.07) is 8.86. The number of para-hydroxylation sites is 1. The number of hydrogen-bond acceptors (Lipinski definition) is 2. The number of anilines is 2. The molecule has 2 aliphatic rings. The molecule has 0 radical (unpaired) electrons. The van der Waals surface area contributed by atoms with Gasteiger partial charge in [0.25, 0.3) is 0 Å². The van der Waals surface area contributed by atoms with Crippen molar-refractivity contribution in [3.63, 3.8) is 0 Å². The zero-order chi connectivity index (χ0) is 15.0. The van der Waals surface area contributed by atoms with Gasteiger partial charge in [0.05, 0.1) is 11.2 Å². The van der Waals surface area contributed by atoms with E-state index in [-0.39, 0.29) is 0 Å². The minimum atomic E-state index is 1.14. The summed E-state index contributed by atoms with van der Waals surface area (Å²) in [5.41, 5.74) is 8.92. The van der Waals surface area contributed by atoms with E-state index in [0.29, 0.717) is 0 Å². The first-order valence-corrected chi connectivity index (χ1v) is 8.15. The molecule has 3 heterocycles. The molecule has 3 aromatic rings. The van der Waals surface area contributed by atoms with Gasteiger partial charge in [0, 0.05) is 67.3 Å². The van der Waals surface area contributed by atoms with Crippen molar-refractivity contribution in [1.29, 1.82) is 0 Å². The molecule has 0 saturated heterocycles. The standard InChI is InChI=1S/C19H21N3/c1-20-10-9-14-17(20)13-8-11-21(2)18(13)16-12-6-4-5-7-15(12)22(3)19(14)16/h4-7H,8-11H2,1-3H3. The monoisotopic (exact) mass is 291 g/mol. The summed E-state index contributed by atoms with van der Waals surface area (Å²) in [5.74, 6) is 0. The quantitative estimate of drug-likeness (QED) is 0.629. The van der Waals surface area contributed by atoms with Gasteiger partial charge >= 0.3 is 0 Å². The van der Waals surface area contributed by atoms with Gasteiger partial charge in [0.15, 0.2) is 0 Å². The van der Waals surface area contributed by atoms with Gasteiger partial charge < -0.3 is 14.4 Å². The lowest BCUT2D eigenvalue weighted by atomic mass is 9.99. The Hall–Kier alpha value is -2.16. The van der Waals surface area contributed by atoms with Gasteiger partial charge in [-0.2, -0.15) is 0 Å². The Morgan fingerprint density at radius 2 is 1.50 bits per heavy atom. The highest BCUT2D eigenvalue weighted by Gasteiger charge is 2.32. The smallest absolute Gasteiger partial charge is 0.0564 e. The third-order valence-electron chi connectivity index (χ3n) is 5.65. The molecule has 0 saturated carbocycles. The summed E-state index contributed by atoms with van der Waals surface area (Å²) >= 11 is 0. The van der Waals surface area contributed by atoms with Crippen LogP contribution in [0.3, 0.4) is 0 Å². The van der Waals surface area contributed by atoms with E-state index in [1.807, 2.05) is 0 Å². The van der Waals surface area contributed by atoms with Crippen molar-refractivity contribution in [1.82, 2.24) is 4.57 Å². The summed E-state index contributed by atoms with van der Waals surface area (Å²) in [4.78, 5) is 4.92. The van der Waals surface area contributed by atoms with E-state index in [2.05, 4.69) is 59.8 Å². The van der Waals surface area contributed by atoms with Crippen LogP contribution in [-0.4, -0.2) is 31.8 Å². The highest BCUT2D eigenvalue weighted by Crippen LogP contribution is 2.49. The number of aromatic nitrogens is 1. The van der Waals surface area contributed by atoms with E-state index in [9.17, 15) is 0 Å². The third-order valence-corrected chi connectivity index (χ3v) is 5.65. The molecule has 2 aromatic carbocycles. The van der Waals surface area contributed by atoms with E-state index < -0.39 is 0 Å². The van der Waals surface area contributed by atoms with Crippen molar-refractivity contribution in [3.05, 3.63) is 35.4 Å². The van der Waals surface area contributed by atoms with Gasteiger partial charge in [-0.1, -0.05) is 18.2 Å². The molecule has 22 heavy (non-hydrogen) atoms. The summed E-state index contributed by atoms with van der Waals surface area (Å²) in [7, 11) is 6.72. The number of hydrogen-bond donors (Lipinski definition) is 0. The van der Waals surface area contributed by atoms with Crippen LogP contribution < -0.4 is 9.80 Å². The van der Waals surface area contributed by atoms with Gasteiger partial charge in [-0.15, -0.1) is 0 Å². The van der Waals surface area contributed by atoms with Crippen molar-refractivity contribution in [3.8, 4) is 0 Å². The van der Waals surface area contributed by atoms with Gasteiger partial charge in [0.1, 0.15) is 0 Å². The number of benzene rings is 2. The maximum Gasteiger partial charge on any atom is 0.0564 e. The van der Waals surface area contributed by atoms with Crippen LogP contribution in [0.1, 0.15) is 11.1 Å². The maximum atomic E-state index is 2.46. The van der Waals surface area contributed by atoms with Crippen molar-refractivity contribution in [2.45, 2.75) is 12.8 Å². The predicted octanol–water partition coefficient (Wildman–Crippen LogP) is 3.32. The molecule has 5 rings (SSSR count). The third kappa shape index (κ3) is 1.28. The fourth-order valence-corrected chi connectivity index (χ4v) is 4.68. The maximum absolute atomic E-state index is 2.46. The molecule has 112 valence electrons. The lowest BCUT2D eigenvalue weighted by Gasteiger charge is -2.20. The number of aryl methyl sites for hydroxylation is 1. The van der Waals surface area contributed by atoms with Gasteiger partial charge in [-0.3, -0.25) is 0 Å². The molecule has 0 atom stereocenters. The molecular formula is C19H21N3. The Kier molecular flexibility index (Phi) is 2.24. The normalized spacial score (nSPS) is 16.9. The van der Waals surface area contributed by atoms with Crippen LogP contribution in [0, 0.1) is 0 Å². The minimum absolute atomic E-state index is 1.14. The summed E-state index contributed by atoms with van der Waals surface area (Å²) in [6.45, 7) is 2.28. The highest BCUT2D eigenvalue weighted by atomic mass is 15.2. The van der Waals surface area contributed by atoms with E-state index >= 15 is 0 Å². The van der Waals surface area contributed by atoms with Crippen molar-refractivity contribution >= 4 is 33.2 Å². The number of rotatable bonds is 0. The number of likely N-dealkylation sites (N-methyl/N-ethyl adjacent to an activating group) is 2. The summed E-state index contributed by atoms with van der Waals surface area (Å²) in [5, 5.41) is 2.88. The molecule has 2 aliphatic heterocycles. The molecule has 1 aromatic heterocycles. The topological polar surface area (TPSA) is 11.4 Å². The second-order valence-electron chi connectivity index (χ2n) is 6.80. The molecule has 0 amide bonds. The average Bonchev–Trinajstić information content (AvgIpc) is 3.16. The molecule has 0 spiro atoms. The molecule has 0 aliphatic carbocycles. The van der Waals surface area contributed by atoms with E-state index in [1.165, 1.54) is 46.0 Å². The van der Waals surface area contributed by atoms with Gasteiger partial charge in [-0.05, 0) is 18.9 Å². The molecule has 0 N–H and O–H groups in total. The number of fused-ring (bicyclic) bond motifs is 8. The average molecular weight is 291 g/mol. The molecule has 0 unspecified atom stereocenters. The minimum Gasteiger partial charge on any atom is -0.374 e. The van der Waals surface area contributed by atoms with Crippen LogP contribution in [0.5, 0.6) is 0 Å². The SMILES string of the molecule is CN1CCc2c1c1c(c3c4ccccc4n(C)c23)N(C)CC1. The molecule has 3 heteroatoms. The fourth-order valence-electron chi connectivity index (χ4n) is 4.68. The van der Waals surface area contributed by atoms with E-state index in [1.54, 1.807) is 11.1 Å². The van der Waals surface area contributed by atoms with Crippen LogP contribution >= 0.6 is 0 Å². The van der Waals surface area contributed by atoms with Crippen LogP contribution in [0.4, 0.5) is 11.4 Å². The lowest BCUT2D eigenvalue weighted by molar-refractivity contribution is 0.935. The highest BCUT2D eigenvalue weighted by molar-refractivity contribution is 6.18. The van der Waals surface area contributed by atoms with Crippen molar-refractivity contribution in [2.75, 3.05) is 37.0 Å². The Morgan fingerprint density at radius 3 is 2.32 bits per heavy atom. The second kappa shape index (κ2) is 3.97. The first-order valence-electron chi connectivity index (χ1n) is 8.15. The zero-order valence-electron chi connectivity index (χ0n) is 13.5. The van der Waals surface area contributed by atoms with Crippen LogP contribution in [0.15, 0.2) is 24.3 Å². The van der Waals surface area contributed by atoms with Crippen molar-refractivity contribution < 1.29 is 0 Å². The van der Waals surface area contributed by atoms with Crippen LogP contribution in [0.25, 0.3) is 21.8 Å². The van der Waals surface area contributed by atoms with Crippen LogP contribution in [-0.2, 0) is 19.9 Å². The van der Waals surface area contributed by atoms with Gasteiger partial charge in [-0.25, -0.2) is 0 Å². The van der Waals surface area contributed by atoms with E-state index in [0.717, 1.165) is 13.1 Å². The first-order chi connectivity index (χ1) is 10.7. The molecular weight excluding hydrogens is 270 g/mol. The van der Waals surface area contributed by atoms with E-state index in [4.69, 9.17) is 0 Å². The van der Waals surface area contributed by atoms with Crippen molar-refractivity contribution in [2.24, 2.45) is 7.05 Å². The van der Waals surface area contributed by atoms with Crippen LogP contribution in [0.2, 0.25) is 0 Å². The fraction of sp³-hybridized carbons (Fsp3) is 0.368. The van der Waals surface area contributed by atoms with Gasteiger partial charge in [0.2, 0.25) is 0 Å². The Labute approximate surface area is 130 Å². The first kappa shape index (κ1) is 12.4. The molecule has 0 bridgehead atoms. The molecule has 0 fully saturated rings. The summed E-state index contributed by atoms with van der Waals surface area (Å²) in [6.07, 6.45) is 2.35. The Morgan fingerprint density at radius 1 is 0.818 bits per heavy atom. The Bertz CT molecular complexity index is 935. The second-order valence-corrected chi connectivity index (χ2v) is 6.80.